The molecule has 1 aliphatic carbocycles. The fourth-order valence-electron chi connectivity index (χ4n) is 8.07. The number of carboxylic acid groups (broad SMARTS) is 2. The molecule has 1 aliphatic rings. The Morgan fingerprint density at radius 2 is 0.949 bits per heavy atom. The average Bonchev–Trinajstić information content (AvgIpc) is 3.71. The summed E-state index contributed by atoms with van der Waals surface area (Å²) in [6.45, 7) is 1.01. The van der Waals surface area contributed by atoms with Crippen molar-refractivity contribution >= 4 is 89.0 Å². The van der Waals surface area contributed by atoms with Crippen LogP contribution in [0.4, 0.5) is 4.79 Å². The zero-order chi connectivity index (χ0) is 58.8. The van der Waals surface area contributed by atoms with E-state index in [1.165, 1.54) is 18.7 Å². The van der Waals surface area contributed by atoms with Crippen LogP contribution in [0.25, 0.3) is 11.1 Å². The summed E-state index contributed by atoms with van der Waals surface area (Å²) >= 11 is 1.25. The van der Waals surface area contributed by atoms with Gasteiger partial charge in [-0.25, -0.2) is 4.79 Å². The van der Waals surface area contributed by atoms with Crippen LogP contribution in [0.2, 0.25) is 0 Å². The van der Waals surface area contributed by atoms with Gasteiger partial charge >= 0.3 is 18.0 Å². The summed E-state index contributed by atoms with van der Waals surface area (Å²) in [5, 5.41) is 35.8. The second-order valence-corrected chi connectivity index (χ2v) is 19.2. The van der Waals surface area contributed by atoms with Crippen LogP contribution in [0.3, 0.4) is 0 Å². The van der Waals surface area contributed by atoms with Crippen LogP contribution < -0.4 is 71.6 Å². The van der Waals surface area contributed by atoms with E-state index in [0.717, 1.165) is 22.3 Å². The van der Waals surface area contributed by atoms with Crippen molar-refractivity contribution in [2.45, 2.75) is 119 Å². The monoisotopic (exact) mass is 1130 g/mol. The molecule has 0 unspecified atom stereocenters. The largest absolute Gasteiger partial charge is 0.481 e. The number of alkyl carbamates (subject to hydrolysis) is 1. The third-order valence-corrected chi connectivity index (χ3v) is 12.7. The summed E-state index contributed by atoms with van der Waals surface area (Å²) < 4.78 is 5.54. The Balaban J connectivity index is 1.86. The number of nitrogens with zero attached hydrogens (tertiary/aromatic N) is 2. The Kier molecular flexibility index (Phi) is 26.8. The number of guanidine groups is 2. The van der Waals surface area contributed by atoms with Crippen LogP contribution in [-0.4, -0.2) is 161 Å². The van der Waals surface area contributed by atoms with Gasteiger partial charge in [-0.1, -0.05) is 48.5 Å². The van der Waals surface area contributed by atoms with E-state index < -0.39 is 140 Å². The Morgan fingerprint density at radius 1 is 0.544 bits per heavy atom. The first-order valence-electron chi connectivity index (χ1n) is 25.0. The van der Waals surface area contributed by atoms with Crippen molar-refractivity contribution < 1.29 is 67.7 Å². The SMILES string of the molecule is CSCC[C@H](NC(=O)[C@H](CCC(=O)O)NC(=O)[C@H](CC(N)=O)NC(=O)OCC1c2ccccc2-c2ccccc21)C(=O)N[C@@H](CCC(N)=O)C(=O)N[C@@H](CCCN=C(N)N)C(=O)N[C@@H](CCCN=C(N)N)C(=O)N[C@@H](C)C(=O)O. The molecule has 0 aliphatic heterocycles. The quantitative estimate of drug-likeness (QED) is 0.0183. The molecule has 432 valence electrons. The van der Waals surface area contributed by atoms with Gasteiger partial charge in [0.25, 0.3) is 0 Å². The molecule has 0 radical (unpaired) electrons. The van der Waals surface area contributed by atoms with E-state index in [0.29, 0.717) is 0 Å². The lowest BCUT2D eigenvalue weighted by molar-refractivity contribution is -0.142. The highest BCUT2D eigenvalue weighted by Crippen LogP contribution is 2.44. The number of nitrogens with two attached hydrogens (primary N) is 6. The third-order valence-electron chi connectivity index (χ3n) is 12.1. The molecule has 0 spiro atoms. The van der Waals surface area contributed by atoms with Crippen LogP contribution in [0.15, 0.2) is 58.5 Å². The van der Waals surface area contributed by atoms with Crippen molar-refractivity contribution in [3.8, 4) is 11.1 Å². The van der Waals surface area contributed by atoms with E-state index in [9.17, 15) is 63.0 Å². The number of benzene rings is 2. The molecular weight excluding hydrogens is 1050 g/mol. The van der Waals surface area contributed by atoms with Gasteiger partial charge in [-0.3, -0.25) is 57.9 Å². The normalized spacial score (nSPS) is 14.0. The number of amides is 9. The minimum atomic E-state index is -1.73. The second kappa shape index (κ2) is 32.8. The van der Waals surface area contributed by atoms with Crippen molar-refractivity contribution in [2.75, 3.05) is 31.7 Å². The van der Waals surface area contributed by atoms with Gasteiger partial charge in [-0.15, -0.1) is 0 Å². The number of primary amides is 2. The number of carboxylic acids is 2. The number of hydrogen-bond acceptors (Lipinski definition) is 15. The minimum absolute atomic E-state index is 0.0209. The van der Waals surface area contributed by atoms with Crippen LogP contribution >= 0.6 is 11.8 Å². The molecule has 0 fully saturated rings. The molecule has 2 aromatic carbocycles. The predicted molar refractivity (Wildman–Crippen MR) is 289 cm³/mol. The van der Waals surface area contributed by atoms with Gasteiger partial charge in [0.1, 0.15) is 48.9 Å². The van der Waals surface area contributed by atoms with Crippen LogP contribution in [0.5, 0.6) is 0 Å². The van der Waals surface area contributed by atoms with Crippen molar-refractivity contribution in [2.24, 2.45) is 44.4 Å². The number of aliphatic carboxylic acids is 2. The first-order chi connectivity index (χ1) is 37.4. The lowest BCUT2D eigenvalue weighted by atomic mass is 9.98. The minimum Gasteiger partial charge on any atom is -0.481 e. The highest BCUT2D eigenvalue weighted by Gasteiger charge is 2.35. The maximum absolute atomic E-state index is 14.2. The molecule has 3 rings (SSSR count). The fourth-order valence-corrected chi connectivity index (χ4v) is 8.54. The number of ether oxygens (including phenoxy) is 1. The van der Waals surface area contributed by atoms with Crippen molar-refractivity contribution in [3.63, 3.8) is 0 Å². The first kappa shape index (κ1) is 64.6. The average molecular weight is 1130 g/mol. The van der Waals surface area contributed by atoms with E-state index >= 15 is 0 Å². The molecule has 0 aromatic heterocycles. The molecule has 0 saturated heterocycles. The molecule has 0 heterocycles. The Hall–Kier alpha value is -8.70. The smallest absolute Gasteiger partial charge is 0.407 e. The number of aliphatic imine (C=N–C) groups is 2. The molecule has 29 nitrogen and oxygen atoms in total. The molecular formula is C49H71N15O14S. The standard InChI is InChI=1S/C49H71N15O14S/c1-25(46(75)76)58-40(69)31(13-7-20-56-47(52)53)59-41(70)32(14-8-21-57-48(54)55)60-42(71)33(15-17-37(50)65)61-44(73)35(19-22-79-2)63-43(72)34(16-18-39(67)68)62-45(74)36(23-38(51)66)64-49(77)78-24-30-28-11-5-3-9-26(28)27-10-4-6-12-29(27)30/h3-6,9-12,25,30-36H,7-8,13-24H2,1-2H3,(H2,50,65)(H2,51,66)(H,58,69)(H,59,70)(H,60,71)(H,61,73)(H,62,74)(H,63,72)(H,64,77)(H,67,68)(H,75,76)(H4,52,53,56)(H4,54,55,57)/t25-,31-,32-,33-,34-,35-,36-/m0/s1. The van der Waals surface area contributed by atoms with Gasteiger partial charge in [-0.05, 0) is 86.1 Å². The number of carbonyl (C=O) groups excluding carboxylic acids is 9. The van der Waals surface area contributed by atoms with Gasteiger partial charge in [0.2, 0.25) is 47.3 Å². The Bertz CT molecular complexity index is 2530. The van der Waals surface area contributed by atoms with Gasteiger partial charge < -0.3 is 86.6 Å². The summed E-state index contributed by atoms with van der Waals surface area (Å²) in [4.78, 5) is 152. The fraction of sp³-hybridized carbons (Fsp3) is 0.490. The lowest BCUT2D eigenvalue weighted by Gasteiger charge is -2.27. The summed E-state index contributed by atoms with van der Waals surface area (Å²) in [5.74, 6) is -11.5. The molecule has 0 saturated carbocycles. The first-order valence-corrected chi connectivity index (χ1v) is 26.4. The molecule has 2 aromatic rings. The topological polar surface area (TPSA) is 503 Å². The summed E-state index contributed by atoms with van der Waals surface area (Å²) in [6.07, 6.45) is -2.64. The van der Waals surface area contributed by atoms with Crippen LogP contribution in [0, 0.1) is 0 Å². The van der Waals surface area contributed by atoms with E-state index in [2.05, 4.69) is 47.2 Å². The van der Waals surface area contributed by atoms with E-state index in [1.807, 2.05) is 48.5 Å². The van der Waals surface area contributed by atoms with Gasteiger partial charge in [-0.2, -0.15) is 11.8 Å². The van der Waals surface area contributed by atoms with Gasteiger partial charge in [0.05, 0.1) is 6.42 Å². The summed E-state index contributed by atoms with van der Waals surface area (Å²) in [7, 11) is 0. The third kappa shape index (κ3) is 22.4. The van der Waals surface area contributed by atoms with E-state index in [-0.39, 0.29) is 75.4 Å². The predicted octanol–water partition coefficient (Wildman–Crippen LogP) is -3.23. The summed E-state index contributed by atoms with van der Waals surface area (Å²) in [6, 6.07) is 4.20. The van der Waals surface area contributed by atoms with Crippen molar-refractivity contribution in [1.29, 1.82) is 0 Å². The highest BCUT2D eigenvalue weighted by molar-refractivity contribution is 7.98. The lowest BCUT2D eigenvalue weighted by Crippen LogP contribution is -2.60. The van der Waals surface area contributed by atoms with Gasteiger partial charge in [0, 0.05) is 31.8 Å². The van der Waals surface area contributed by atoms with E-state index in [1.54, 1.807) is 6.26 Å². The maximum atomic E-state index is 14.2. The number of nitrogens with one attached hydrogen (secondary N) is 7. The molecule has 0 bridgehead atoms. The van der Waals surface area contributed by atoms with Crippen molar-refractivity contribution in [3.05, 3.63) is 59.7 Å². The van der Waals surface area contributed by atoms with Crippen molar-refractivity contribution in [1.82, 2.24) is 37.2 Å². The zero-order valence-electron chi connectivity index (χ0n) is 43.7. The second-order valence-electron chi connectivity index (χ2n) is 18.2. The number of fused-ring (bicyclic) bond motifs is 3. The molecule has 21 N–H and O–H groups in total. The number of thioether (sulfide) groups is 1. The molecule has 79 heavy (non-hydrogen) atoms. The Labute approximate surface area is 458 Å². The molecule has 7 atom stereocenters. The zero-order valence-corrected chi connectivity index (χ0v) is 44.5. The van der Waals surface area contributed by atoms with Gasteiger partial charge in [0.15, 0.2) is 11.9 Å². The van der Waals surface area contributed by atoms with Crippen LogP contribution in [-0.2, 0) is 52.7 Å². The number of hydrogen-bond donors (Lipinski definition) is 15. The van der Waals surface area contributed by atoms with E-state index in [4.69, 9.17) is 39.1 Å². The molecule has 30 heteroatoms. The number of rotatable bonds is 35. The highest BCUT2D eigenvalue weighted by atomic mass is 32.2. The maximum Gasteiger partial charge on any atom is 0.407 e. The van der Waals surface area contributed by atoms with Crippen LogP contribution in [0.1, 0.15) is 88.2 Å². The number of carbonyl (C=O) groups is 11. The Morgan fingerprint density at radius 3 is 1.35 bits per heavy atom. The molecule has 9 amide bonds. The summed E-state index contributed by atoms with van der Waals surface area (Å²) in [5.41, 5.74) is 36.3.